The molecule has 0 bridgehead atoms. The van der Waals surface area contributed by atoms with E-state index >= 15 is 0 Å². The van der Waals surface area contributed by atoms with Gasteiger partial charge in [-0.25, -0.2) is 17.5 Å². The first-order valence-corrected chi connectivity index (χ1v) is 8.77. The van der Waals surface area contributed by atoms with Gasteiger partial charge in [0.1, 0.15) is 5.69 Å². The zero-order valence-electron chi connectivity index (χ0n) is 13.0. The SMILES string of the molecule is CC(C)S(=O)(=O)N1CCC(NC(=O)c2cn(C)c(=O)[nH]2)CC1. The molecule has 2 heterocycles. The minimum Gasteiger partial charge on any atom is -0.348 e. The molecule has 124 valence electrons. The third-order valence-corrected chi connectivity index (χ3v) is 6.15. The highest BCUT2D eigenvalue weighted by molar-refractivity contribution is 7.89. The monoisotopic (exact) mass is 330 g/mol. The molecule has 8 nitrogen and oxygen atoms in total. The van der Waals surface area contributed by atoms with E-state index in [1.165, 1.54) is 15.1 Å². The fourth-order valence-corrected chi connectivity index (χ4v) is 3.74. The Morgan fingerprint density at radius 2 is 1.95 bits per heavy atom. The number of aromatic amines is 1. The summed E-state index contributed by atoms with van der Waals surface area (Å²) in [7, 11) is -1.68. The Kier molecular flexibility index (Phi) is 4.76. The Morgan fingerprint density at radius 3 is 2.41 bits per heavy atom. The van der Waals surface area contributed by atoms with Gasteiger partial charge in [0, 0.05) is 32.4 Å². The lowest BCUT2D eigenvalue weighted by atomic mass is 10.1. The van der Waals surface area contributed by atoms with Crippen LogP contribution in [-0.4, -0.2) is 52.6 Å². The van der Waals surface area contributed by atoms with Gasteiger partial charge < -0.3 is 14.9 Å². The van der Waals surface area contributed by atoms with Crippen molar-refractivity contribution in [2.75, 3.05) is 13.1 Å². The maximum Gasteiger partial charge on any atom is 0.325 e. The average molecular weight is 330 g/mol. The molecule has 2 N–H and O–H groups in total. The molecule has 9 heteroatoms. The first kappa shape index (κ1) is 16.8. The van der Waals surface area contributed by atoms with Crippen molar-refractivity contribution in [3.05, 3.63) is 22.4 Å². The molecule has 1 aliphatic rings. The van der Waals surface area contributed by atoms with Crippen molar-refractivity contribution in [2.24, 2.45) is 7.05 Å². The molecule has 0 atom stereocenters. The molecule has 0 aromatic carbocycles. The summed E-state index contributed by atoms with van der Waals surface area (Å²) in [5, 5.41) is 2.40. The average Bonchev–Trinajstić information content (AvgIpc) is 2.79. The lowest BCUT2D eigenvalue weighted by Gasteiger charge is -2.32. The van der Waals surface area contributed by atoms with Crippen LogP contribution >= 0.6 is 0 Å². The van der Waals surface area contributed by atoms with Crippen LogP contribution in [0.25, 0.3) is 0 Å². The highest BCUT2D eigenvalue weighted by Crippen LogP contribution is 2.17. The number of rotatable bonds is 4. The van der Waals surface area contributed by atoms with Gasteiger partial charge in [0.15, 0.2) is 0 Å². The molecule has 0 radical (unpaired) electrons. The number of carbonyl (C=O) groups excluding carboxylic acids is 1. The van der Waals surface area contributed by atoms with Gasteiger partial charge in [-0.15, -0.1) is 0 Å². The summed E-state index contributed by atoms with van der Waals surface area (Å²) in [6, 6.07) is -0.0881. The molecule has 0 aliphatic carbocycles. The molecule has 0 saturated carbocycles. The number of sulfonamides is 1. The molecular weight excluding hydrogens is 308 g/mol. The number of aromatic nitrogens is 2. The van der Waals surface area contributed by atoms with E-state index in [-0.39, 0.29) is 23.3 Å². The fraction of sp³-hybridized carbons (Fsp3) is 0.692. The van der Waals surface area contributed by atoms with Gasteiger partial charge in [-0.2, -0.15) is 0 Å². The number of H-pyrrole nitrogens is 1. The number of nitrogens with zero attached hydrogens (tertiary/aromatic N) is 2. The lowest BCUT2D eigenvalue weighted by Crippen LogP contribution is -2.48. The van der Waals surface area contributed by atoms with Crippen LogP contribution in [0.4, 0.5) is 0 Å². The predicted molar refractivity (Wildman–Crippen MR) is 82.2 cm³/mol. The van der Waals surface area contributed by atoms with E-state index < -0.39 is 15.3 Å². The minimum atomic E-state index is -3.24. The van der Waals surface area contributed by atoms with Crippen molar-refractivity contribution in [2.45, 2.75) is 38.0 Å². The van der Waals surface area contributed by atoms with Gasteiger partial charge in [0.25, 0.3) is 5.91 Å². The summed E-state index contributed by atoms with van der Waals surface area (Å²) in [4.78, 5) is 25.8. The molecule has 1 saturated heterocycles. The smallest absolute Gasteiger partial charge is 0.325 e. The molecule has 1 amide bonds. The number of aryl methyl sites for hydroxylation is 1. The van der Waals surface area contributed by atoms with Gasteiger partial charge in [-0.1, -0.05) is 0 Å². The molecule has 1 fully saturated rings. The van der Waals surface area contributed by atoms with E-state index in [1.54, 1.807) is 20.9 Å². The second-order valence-electron chi connectivity index (χ2n) is 5.82. The Hall–Kier alpha value is -1.61. The van der Waals surface area contributed by atoms with Crippen LogP contribution in [0.3, 0.4) is 0 Å². The van der Waals surface area contributed by atoms with Crippen LogP contribution in [0.2, 0.25) is 0 Å². The Labute approximate surface area is 129 Å². The summed E-state index contributed by atoms with van der Waals surface area (Å²) in [5.41, 5.74) is -0.132. The number of piperidine rings is 1. The van der Waals surface area contributed by atoms with E-state index in [1.807, 2.05) is 0 Å². The van der Waals surface area contributed by atoms with Crippen LogP contribution in [0.1, 0.15) is 37.2 Å². The predicted octanol–water partition coefficient (Wildman–Crippen LogP) is -0.354. The summed E-state index contributed by atoms with van der Waals surface area (Å²) >= 11 is 0. The molecule has 1 aromatic heterocycles. The summed E-state index contributed by atoms with van der Waals surface area (Å²) in [6.45, 7) is 4.12. The summed E-state index contributed by atoms with van der Waals surface area (Å²) in [5.74, 6) is -0.345. The number of carbonyl (C=O) groups is 1. The second-order valence-corrected chi connectivity index (χ2v) is 8.31. The van der Waals surface area contributed by atoms with E-state index in [2.05, 4.69) is 10.3 Å². The number of hydrogen-bond acceptors (Lipinski definition) is 4. The van der Waals surface area contributed by atoms with Gasteiger partial charge in [-0.05, 0) is 26.7 Å². The standard InChI is InChI=1S/C13H22N4O4S/c1-9(2)22(20,21)17-6-4-10(5-7-17)14-12(18)11-8-16(3)13(19)15-11/h8-10H,4-7H2,1-3H3,(H,14,18)(H,15,19). The van der Waals surface area contributed by atoms with Crippen molar-refractivity contribution in [1.29, 1.82) is 0 Å². The van der Waals surface area contributed by atoms with E-state index in [9.17, 15) is 18.0 Å². The number of amides is 1. The first-order valence-electron chi connectivity index (χ1n) is 7.27. The zero-order valence-corrected chi connectivity index (χ0v) is 13.8. The molecule has 1 aliphatic heterocycles. The third-order valence-electron chi connectivity index (χ3n) is 3.87. The normalized spacial score (nSPS) is 17.8. The van der Waals surface area contributed by atoms with Gasteiger partial charge in [-0.3, -0.25) is 4.79 Å². The van der Waals surface area contributed by atoms with Crippen LogP contribution in [0.5, 0.6) is 0 Å². The number of hydrogen-bond donors (Lipinski definition) is 2. The van der Waals surface area contributed by atoms with Crippen LogP contribution in [0, 0.1) is 0 Å². The van der Waals surface area contributed by atoms with E-state index in [4.69, 9.17) is 0 Å². The summed E-state index contributed by atoms with van der Waals surface area (Å²) in [6.07, 6.45) is 2.57. The highest BCUT2D eigenvalue weighted by Gasteiger charge is 2.30. The molecule has 1 aromatic rings. The maximum absolute atomic E-state index is 12.1. The van der Waals surface area contributed by atoms with E-state index in [0.717, 1.165) is 0 Å². The van der Waals surface area contributed by atoms with Gasteiger partial charge in [0.2, 0.25) is 10.0 Å². The Bertz CT molecular complexity index is 696. The molecule has 2 rings (SSSR count). The lowest BCUT2D eigenvalue weighted by molar-refractivity contribution is 0.0919. The van der Waals surface area contributed by atoms with Crippen LogP contribution in [0.15, 0.2) is 11.0 Å². The van der Waals surface area contributed by atoms with Crippen molar-refractivity contribution in [3.8, 4) is 0 Å². The van der Waals surface area contributed by atoms with Crippen LogP contribution in [-0.2, 0) is 17.1 Å². The maximum atomic E-state index is 12.1. The Morgan fingerprint density at radius 1 is 1.36 bits per heavy atom. The number of imidazole rings is 1. The minimum absolute atomic E-state index is 0.0881. The van der Waals surface area contributed by atoms with Crippen molar-refractivity contribution >= 4 is 15.9 Å². The molecule has 0 spiro atoms. The summed E-state index contributed by atoms with van der Waals surface area (Å²) < 4.78 is 26.9. The van der Waals surface area contributed by atoms with Crippen molar-refractivity contribution < 1.29 is 13.2 Å². The highest BCUT2D eigenvalue weighted by atomic mass is 32.2. The second kappa shape index (κ2) is 6.25. The largest absolute Gasteiger partial charge is 0.348 e. The number of nitrogens with one attached hydrogen (secondary N) is 2. The van der Waals surface area contributed by atoms with E-state index in [0.29, 0.717) is 25.9 Å². The van der Waals surface area contributed by atoms with Gasteiger partial charge >= 0.3 is 5.69 Å². The fourth-order valence-electron chi connectivity index (χ4n) is 2.42. The quantitative estimate of drug-likeness (QED) is 0.787. The van der Waals surface area contributed by atoms with Crippen molar-refractivity contribution in [3.63, 3.8) is 0 Å². The van der Waals surface area contributed by atoms with Gasteiger partial charge in [0.05, 0.1) is 5.25 Å². The first-order chi connectivity index (χ1) is 10.2. The molecule has 22 heavy (non-hydrogen) atoms. The Balaban J connectivity index is 1.93. The topological polar surface area (TPSA) is 104 Å². The molecular formula is C13H22N4O4S. The third kappa shape index (κ3) is 3.41. The zero-order chi connectivity index (χ0) is 16.5. The molecule has 0 unspecified atom stereocenters. The van der Waals surface area contributed by atoms with Crippen molar-refractivity contribution in [1.82, 2.24) is 19.2 Å². The van der Waals surface area contributed by atoms with Crippen LogP contribution < -0.4 is 11.0 Å².